The number of hydrogen-bond acceptors (Lipinski definition) is 5. The first-order chi connectivity index (χ1) is 15.5. The van der Waals surface area contributed by atoms with Crippen LogP contribution in [0.2, 0.25) is 0 Å². The second-order valence-electron chi connectivity index (χ2n) is 7.24. The van der Waals surface area contributed by atoms with Gasteiger partial charge in [-0.25, -0.2) is 4.39 Å². The van der Waals surface area contributed by atoms with Crippen LogP contribution in [0, 0.1) is 11.7 Å². The first-order valence-electron chi connectivity index (χ1n) is 10.8. The van der Waals surface area contributed by atoms with Crippen LogP contribution in [0.4, 0.5) is 4.39 Å². The molecule has 1 saturated heterocycles. The number of Topliss-reactive ketones (excluding diaryl/α,β-unsaturated/α-hetero) is 1. The van der Waals surface area contributed by atoms with Crippen molar-refractivity contribution in [1.29, 1.82) is 0 Å². The highest BCUT2D eigenvalue weighted by Gasteiger charge is 2.29. The van der Waals surface area contributed by atoms with E-state index < -0.39 is 0 Å². The Hall–Kier alpha value is -3.09. The van der Waals surface area contributed by atoms with Crippen molar-refractivity contribution in [3.05, 3.63) is 53.3 Å². The zero-order chi connectivity index (χ0) is 23.7. The number of hydrogen-bond donors (Lipinski definition) is 0. The van der Waals surface area contributed by atoms with Gasteiger partial charge >= 0.3 is 0 Å². The van der Waals surface area contributed by atoms with Crippen LogP contribution in [0.3, 0.4) is 0 Å². The topological polar surface area (TPSA) is 65.1 Å². The Morgan fingerprint density at radius 1 is 0.938 bits per heavy atom. The van der Waals surface area contributed by atoms with Crippen LogP contribution in [-0.2, 0) is 11.2 Å². The summed E-state index contributed by atoms with van der Waals surface area (Å²) in [4.78, 5) is 27.3. The summed E-state index contributed by atoms with van der Waals surface area (Å²) in [6.45, 7) is 5.03. The van der Waals surface area contributed by atoms with Crippen molar-refractivity contribution < 1.29 is 28.2 Å². The van der Waals surface area contributed by atoms with E-state index in [0.717, 1.165) is 5.56 Å². The molecule has 1 aliphatic rings. The summed E-state index contributed by atoms with van der Waals surface area (Å²) in [6, 6.07) is 9.27. The summed E-state index contributed by atoms with van der Waals surface area (Å²) in [5.41, 5.74) is 1.28. The van der Waals surface area contributed by atoms with Crippen LogP contribution in [0.1, 0.15) is 42.6 Å². The number of methoxy groups -OCH3 is 3. The van der Waals surface area contributed by atoms with Gasteiger partial charge in [0.2, 0.25) is 11.7 Å². The fraction of sp³-hybridized carbons (Fsp3) is 0.440. The van der Waals surface area contributed by atoms with Crippen molar-refractivity contribution in [2.75, 3.05) is 34.4 Å². The van der Waals surface area contributed by atoms with Gasteiger partial charge in [-0.2, -0.15) is 0 Å². The maximum absolute atomic E-state index is 13.0. The number of carbonyl (C=O) groups is 2. The number of ether oxygens (including phenoxy) is 3. The van der Waals surface area contributed by atoms with Crippen molar-refractivity contribution in [3.8, 4) is 17.2 Å². The van der Waals surface area contributed by atoms with Gasteiger partial charge < -0.3 is 19.1 Å². The van der Waals surface area contributed by atoms with Gasteiger partial charge in [-0.1, -0.05) is 26.0 Å². The number of piperidine rings is 1. The number of halogens is 1. The third-order valence-electron chi connectivity index (χ3n) is 5.44. The monoisotopic (exact) mass is 445 g/mol. The molecule has 0 bridgehead atoms. The summed E-state index contributed by atoms with van der Waals surface area (Å²) in [5, 5.41) is 0. The van der Waals surface area contributed by atoms with Crippen LogP contribution in [0.5, 0.6) is 17.2 Å². The van der Waals surface area contributed by atoms with Crippen LogP contribution in [0.15, 0.2) is 36.4 Å². The minimum absolute atomic E-state index is 0.000105. The predicted octanol–water partition coefficient (Wildman–Crippen LogP) is 4.54. The summed E-state index contributed by atoms with van der Waals surface area (Å²) >= 11 is 0. The van der Waals surface area contributed by atoms with E-state index in [0.29, 0.717) is 48.7 Å². The van der Waals surface area contributed by atoms with E-state index in [4.69, 9.17) is 14.2 Å². The molecule has 1 aliphatic heterocycles. The Kier molecular flexibility index (Phi) is 9.50. The number of likely N-dealkylation sites (tertiary alicyclic amines) is 1. The van der Waals surface area contributed by atoms with Crippen LogP contribution in [0.25, 0.3) is 0 Å². The number of ketones is 1. The van der Waals surface area contributed by atoms with Crippen molar-refractivity contribution in [1.82, 2.24) is 4.90 Å². The standard InChI is InChI=1S/C23H26FNO5.C2H6/c1-28-19-13-17(14-20(29-2)23(19)30-3)22(27)16-8-10-25(11-9-16)21(26)12-15-4-6-18(24)7-5-15;1-2/h4-7,13-14,16H,8-12H2,1-3H3;1-2H3. The average molecular weight is 446 g/mol. The molecule has 0 aliphatic carbocycles. The third-order valence-corrected chi connectivity index (χ3v) is 5.44. The van der Waals surface area contributed by atoms with E-state index in [1.165, 1.54) is 33.5 Å². The van der Waals surface area contributed by atoms with Gasteiger partial charge in [0.1, 0.15) is 5.82 Å². The molecular weight excluding hydrogens is 413 g/mol. The molecule has 32 heavy (non-hydrogen) atoms. The van der Waals surface area contributed by atoms with Gasteiger partial charge in [-0.15, -0.1) is 0 Å². The Morgan fingerprint density at radius 2 is 1.47 bits per heavy atom. The second kappa shape index (κ2) is 12.1. The Balaban J connectivity index is 0.00000176. The van der Waals surface area contributed by atoms with Crippen LogP contribution >= 0.6 is 0 Å². The Bertz CT molecular complexity index is 880. The highest BCUT2D eigenvalue weighted by Crippen LogP contribution is 2.39. The molecule has 0 saturated carbocycles. The number of benzene rings is 2. The molecule has 1 fully saturated rings. The molecule has 1 amide bonds. The van der Waals surface area contributed by atoms with Gasteiger partial charge in [-0.3, -0.25) is 9.59 Å². The zero-order valence-corrected chi connectivity index (χ0v) is 19.4. The normalized spacial score (nSPS) is 13.6. The van der Waals surface area contributed by atoms with E-state index in [-0.39, 0.29) is 29.8 Å². The van der Waals surface area contributed by atoms with Crippen molar-refractivity contribution in [2.45, 2.75) is 33.1 Å². The minimum atomic E-state index is -0.322. The quantitative estimate of drug-likeness (QED) is 0.586. The van der Waals surface area contributed by atoms with Gasteiger partial charge in [0, 0.05) is 24.6 Å². The molecule has 0 aromatic heterocycles. The fourth-order valence-corrected chi connectivity index (χ4v) is 3.74. The van der Waals surface area contributed by atoms with E-state index >= 15 is 0 Å². The van der Waals surface area contributed by atoms with E-state index in [2.05, 4.69) is 0 Å². The number of amides is 1. The van der Waals surface area contributed by atoms with E-state index in [1.54, 1.807) is 29.2 Å². The van der Waals surface area contributed by atoms with Gasteiger partial charge in [0.15, 0.2) is 17.3 Å². The SMILES string of the molecule is CC.COc1cc(C(=O)C2CCN(C(=O)Cc3ccc(F)cc3)CC2)cc(OC)c1OC. The first-order valence-corrected chi connectivity index (χ1v) is 10.8. The molecule has 6 nitrogen and oxygen atoms in total. The van der Waals surface area contributed by atoms with Gasteiger partial charge in [0.25, 0.3) is 0 Å². The summed E-state index contributed by atoms with van der Waals surface area (Å²) in [7, 11) is 4.54. The summed E-state index contributed by atoms with van der Waals surface area (Å²) in [5.74, 6) is 0.803. The molecule has 3 rings (SSSR count). The molecule has 0 atom stereocenters. The number of carbonyl (C=O) groups excluding carboxylic acids is 2. The smallest absolute Gasteiger partial charge is 0.226 e. The molecule has 0 radical (unpaired) electrons. The lowest BCUT2D eigenvalue weighted by Crippen LogP contribution is -2.41. The summed E-state index contributed by atoms with van der Waals surface area (Å²) < 4.78 is 29.0. The maximum Gasteiger partial charge on any atom is 0.226 e. The average Bonchev–Trinajstić information content (AvgIpc) is 2.85. The Morgan fingerprint density at radius 3 is 1.94 bits per heavy atom. The zero-order valence-electron chi connectivity index (χ0n) is 19.4. The minimum Gasteiger partial charge on any atom is -0.493 e. The lowest BCUT2D eigenvalue weighted by Gasteiger charge is -2.31. The lowest BCUT2D eigenvalue weighted by atomic mass is 9.88. The van der Waals surface area contributed by atoms with Crippen LogP contribution < -0.4 is 14.2 Å². The second-order valence-corrected chi connectivity index (χ2v) is 7.24. The van der Waals surface area contributed by atoms with Crippen molar-refractivity contribution in [3.63, 3.8) is 0 Å². The molecule has 0 N–H and O–H groups in total. The van der Waals surface area contributed by atoms with Crippen molar-refractivity contribution in [2.24, 2.45) is 5.92 Å². The molecule has 2 aromatic rings. The van der Waals surface area contributed by atoms with Gasteiger partial charge in [0.05, 0.1) is 27.8 Å². The van der Waals surface area contributed by atoms with Crippen LogP contribution in [-0.4, -0.2) is 51.0 Å². The van der Waals surface area contributed by atoms with Gasteiger partial charge in [-0.05, 0) is 42.7 Å². The fourth-order valence-electron chi connectivity index (χ4n) is 3.74. The highest BCUT2D eigenvalue weighted by atomic mass is 19.1. The maximum atomic E-state index is 13.0. The van der Waals surface area contributed by atoms with Crippen molar-refractivity contribution >= 4 is 11.7 Å². The molecule has 0 spiro atoms. The molecule has 2 aromatic carbocycles. The Labute approximate surface area is 189 Å². The molecule has 1 heterocycles. The lowest BCUT2D eigenvalue weighted by molar-refractivity contribution is -0.131. The molecular formula is C25H32FNO5. The summed E-state index contributed by atoms with van der Waals surface area (Å²) in [6.07, 6.45) is 1.40. The van der Waals surface area contributed by atoms with E-state index in [1.807, 2.05) is 13.8 Å². The largest absolute Gasteiger partial charge is 0.493 e. The molecule has 7 heteroatoms. The number of nitrogens with zero attached hydrogens (tertiary/aromatic N) is 1. The molecule has 174 valence electrons. The molecule has 0 unspecified atom stereocenters. The number of rotatable bonds is 7. The highest BCUT2D eigenvalue weighted by molar-refractivity contribution is 5.99. The van der Waals surface area contributed by atoms with E-state index in [9.17, 15) is 14.0 Å². The first kappa shape index (κ1) is 25.2. The third kappa shape index (κ3) is 5.99. The predicted molar refractivity (Wildman–Crippen MR) is 121 cm³/mol.